The molecule has 0 saturated heterocycles. The minimum atomic E-state index is -3.79. The molecule has 2 atom stereocenters. The van der Waals surface area contributed by atoms with Crippen LogP contribution in [0.2, 0.25) is 0 Å². The van der Waals surface area contributed by atoms with Gasteiger partial charge in [-0.25, -0.2) is 13.1 Å². The van der Waals surface area contributed by atoms with Crippen LogP contribution in [-0.4, -0.2) is 33.5 Å². The molecule has 2 unspecified atom stereocenters. The second kappa shape index (κ2) is 9.47. The van der Waals surface area contributed by atoms with Crippen molar-refractivity contribution in [2.75, 3.05) is 7.11 Å². The third-order valence-electron chi connectivity index (χ3n) is 6.48. The predicted molar refractivity (Wildman–Crippen MR) is 114 cm³/mol. The third kappa shape index (κ3) is 5.51. The summed E-state index contributed by atoms with van der Waals surface area (Å²) in [7, 11) is -2.34. The number of rotatable bonds is 6. The van der Waals surface area contributed by atoms with Crippen LogP contribution in [0.3, 0.4) is 0 Å². The first-order valence-electron chi connectivity index (χ1n) is 10.8. The summed E-state index contributed by atoms with van der Waals surface area (Å²) in [6.07, 6.45) is 8.17. The lowest BCUT2D eigenvalue weighted by Gasteiger charge is -2.29. The quantitative estimate of drug-likeness (QED) is 0.729. The molecule has 1 aromatic carbocycles. The van der Waals surface area contributed by atoms with E-state index in [-0.39, 0.29) is 28.6 Å². The van der Waals surface area contributed by atoms with Crippen molar-refractivity contribution in [1.82, 2.24) is 10.0 Å². The fourth-order valence-corrected chi connectivity index (χ4v) is 6.03. The highest BCUT2D eigenvalue weighted by Gasteiger charge is 2.29. The number of methoxy groups -OCH3 is 1. The molecule has 0 spiro atoms. The van der Waals surface area contributed by atoms with Gasteiger partial charge in [0.15, 0.2) is 0 Å². The number of carbonyl (C=O) groups excluding carboxylic acids is 1. The Labute approximate surface area is 174 Å². The smallest absolute Gasteiger partial charge is 0.251 e. The number of amides is 1. The lowest BCUT2D eigenvalue weighted by atomic mass is 9.87. The van der Waals surface area contributed by atoms with Crippen molar-refractivity contribution < 1.29 is 17.9 Å². The predicted octanol–water partition coefficient (Wildman–Crippen LogP) is 3.86. The summed E-state index contributed by atoms with van der Waals surface area (Å²) in [5.74, 6) is 1.03. The second-order valence-electron chi connectivity index (χ2n) is 8.79. The summed E-state index contributed by atoms with van der Waals surface area (Å²) in [6.45, 7) is 4.32. The summed E-state index contributed by atoms with van der Waals surface area (Å²) in [5, 5.41) is 3.07. The van der Waals surface area contributed by atoms with Crippen LogP contribution in [0.4, 0.5) is 0 Å². The highest BCUT2D eigenvalue weighted by molar-refractivity contribution is 7.89. The molecule has 6 nitrogen and oxygen atoms in total. The van der Waals surface area contributed by atoms with Gasteiger partial charge in [0.1, 0.15) is 10.6 Å². The first-order chi connectivity index (χ1) is 13.8. The van der Waals surface area contributed by atoms with Crippen molar-refractivity contribution in [3.8, 4) is 5.75 Å². The van der Waals surface area contributed by atoms with Gasteiger partial charge in [0.05, 0.1) is 7.11 Å². The van der Waals surface area contributed by atoms with Gasteiger partial charge in [-0.3, -0.25) is 4.79 Å². The van der Waals surface area contributed by atoms with Gasteiger partial charge in [0.25, 0.3) is 5.91 Å². The number of ether oxygens (including phenoxy) is 1. The van der Waals surface area contributed by atoms with Crippen LogP contribution in [0, 0.1) is 11.8 Å². The zero-order valence-electron chi connectivity index (χ0n) is 17.7. The molecule has 2 aliphatic carbocycles. The monoisotopic (exact) mass is 422 g/mol. The van der Waals surface area contributed by atoms with Gasteiger partial charge in [-0.15, -0.1) is 0 Å². The number of sulfonamides is 1. The van der Waals surface area contributed by atoms with E-state index in [1.165, 1.54) is 13.2 Å². The van der Waals surface area contributed by atoms with Crippen LogP contribution in [-0.2, 0) is 10.0 Å². The van der Waals surface area contributed by atoms with Crippen LogP contribution >= 0.6 is 0 Å². The van der Waals surface area contributed by atoms with E-state index in [2.05, 4.69) is 23.9 Å². The van der Waals surface area contributed by atoms with E-state index in [0.29, 0.717) is 17.4 Å². The Morgan fingerprint density at radius 1 is 1.03 bits per heavy atom. The van der Waals surface area contributed by atoms with E-state index in [4.69, 9.17) is 4.74 Å². The third-order valence-corrected chi connectivity index (χ3v) is 8.00. The Morgan fingerprint density at radius 3 is 2.38 bits per heavy atom. The molecular formula is C22H34N2O4S. The summed E-state index contributed by atoms with van der Waals surface area (Å²) in [5.41, 5.74) is 0.349. The molecule has 1 aromatic rings. The fourth-order valence-electron chi connectivity index (χ4n) is 4.46. The Morgan fingerprint density at radius 2 is 1.72 bits per heavy atom. The Bertz CT molecular complexity index is 816. The van der Waals surface area contributed by atoms with Crippen LogP contribution in [0.15, 0.2) is 23.1 Å². The van der Waals surface area contributed by atoms with Gasteiger partial charge in [0.2, 0.25) is 10.0 Å². The lowest BCUT2D eigenvalue weighted by Crippen LogP contribution is -2.41. The molecule has 29 heavy (non-hydrogen) atoms. The van der Waals surface area contributed by atoms with E-state index >= 15 is 0 Å². The van der Waals surface area contributed by atoms with Gasteiger partial charge in [-0.2, -0.15) is 0 Å². The molecular weight excluding hydrogens is 388 g/mol. The molecule has 162 valence electrons. The highest BCUT2D eigenvalue weighted by Crippen LogP contribution is 2.29. The van der Waals surface area contributed by atoms with Crippen molar-refractivity contribution in [2.24, 2.45) is 11.8 Å². The van der Waals surface area contributed by atoms with Crippen LogP contribution in [0.1, 0.15) is 75.6 Å². The fraction of sp³-hybridized carbons (Fsp3) is 0.682. The van der Waals surface area contributed by atoms with Crippen LogP contribution in [0.25, 0.3) is 0 Å². The topological polar surface area (TPSA) is 84.5 Å². The summed E-state index contributed by atoms with van der Waals surface area (Å²) >= 11 is 0. The van der Waals surface area contributed by atoms with E-state index in [1.54, 1.807) is 12.1 Å². The maximum absolute atomic E-state index is 13.1. The number of nitrogens with one attached hydrogen (secondary N) is 2. The average molecular weight is 423 g/mol. The zero-order valence-corrected chi connectivity index (χ0v) is 18.6. The van der Waals surface area contributed by atoms with Crippen molar-refractivity contribution >= 4 is 15.9 Å². The summed E-state index contributed by atoms with van der Waals surface area (Å²) in [4.78, 5) is 12.8. The van der Waals surface area contributed by atoms with Gasteiger partial charge in [0, 0.05) is 17.6 Å². The maximum atomic E-state index is 13.1. The molecule has 2 aliphatic rings. The minimum absolute atomic E-state index is 0.0303. The van der Waals surface area contributed by atoms with Crippen molar-refractivity contribution in [2.45, 2.75) is 82.2 Å². The average Bonchev–Trinajstić information content (AvgIpc) is 2.71. The highest BCUT2D eigenvalue weighted by atomic mass is 32.2. The zero-order chi connectivity index (χ0) is 21.0. The van der Waals surface area contributed by atoms with E-state index in [0.717, 1.165) is 51.4 Å². The van der Waals surface area contributed by atoms with E-state index in [9.17, 15) is 13.2 Å². The Hall–Kier alpha value is -1.60. The largest absolute Gasteiger partial charge is 0.495 e. The molecule has 2 N–H and O–H groups in total. The van der Waals surface area contributed by atoms with Crippen LogP contribution < -0.4 is 14.8 Å². The van der Waals surface area contributed by atoms with Crippen molar-refractivity contribution in [3.05, 3.63) is 23.8 Å². The molecule has 0 aliphatic heterocycles. The second-order valence-corrected chi connectivity index (χ2v) is 10.5. The van der Waals surface area contributed by atoms with Gasteiger partial charge in [-0.05, 0) is 68.6 Å². The van der Waals surface area contributed by atoms with E-state index < -0.39 is 10.0 Å². The van der Waals surface area contributed by atoms with Gasteiger partial charge in [-0.1, -0.05) is 26.7 Å². The molecule has 7 heteroatoms. The Balaban J connectivity index is 1.78. The molecule has 0 heterocycles. The molecule has 2 saturated carbocycles. The first-order valence-corrected chi connectivity index (χ1v) is 12.3. The number of benzene rings is 1. The van der Waals surface area contributed by atoms with Gasteiger partial charge >= 0.3 is 0 Å². The molecule has 2 fully saturated rings. The Kier molecular flexibility index (Phi) is 7.22. The van der Waals surface area contributed by atoms with E-state index in [1.807, 2.05) is 0 Å². The molecule has 0 radical (unpaired) electrons. The maximum Gasteiger partial charge on any atom is 0.251 e. The minimum Gasteiger partial charge on any atom is -0.495 e. The SMILES string of the molecule is COc1ccc(C(=O)NC2CCC(C)CC2)cc1S(=O)(=O)NC1CCCCC1C. The molecule has 0 aromatic heterocycles. The van der Waals surface area contributed by atoms with Crippen LogP contribution in [0.5, 0.6) is 5.75 Å². The van der Waals surface area contributed by atoms with Gasteiger partial charge < -0.3 is 10.1 Å². The number of carbonyl (C=O) groups is 1. The standard InChI is InChI=1S/C22H34N2O4S/c1-15-8-11-18(12-9-15)23-22(25)17-10-13-20(28-3)21(14-17)29(26,27)24-19-7-5-4-6-16(19)2/h10,13-16,18-19,24H,4-9,11-12H2,1-3H3,(H,23,25). The van der Waals surface area contributed by atoms with Crippen molar-refractivity contribution in [1.29, 1.82) is 0 Å². The number of hydrogen-bond donors (Lipinski definition) is 2. The molecule has 3 rings (SSSR count). The lowest BCUT2D eigenvalue weighted by molar-refractivity contribution is 0.0922. The number of hydrogen-bond acceptors (Lipinski definition) is 4. The summed E-state index contributed by atoms with van der Waals surface area (Å²) in [6, 6.07) is 4.70. The molecule has 0 bridgehead atoms. The summed E-state index contributed by atoms with van der Waals surface area (Å²) < 4.78 is 34.3. The molecule has 1 amide bonds. The van der Waals surface area contributed by atoms with Crippen molar-refractivity contribution in [3.63, 3.8) is 0 Å². The first kappa shape index (κ1) is 22.1. The normalized spacial score (nSPS) is 28.0.